The number of morpholine rings is 1. The lowest BCUT2D eigenvalue weighted by atomic mass is 10.2. The van der Waals surface area contributed by atoms with Crippen molar-refractivity contribution in [1.29, 1.82) is 0 Å². The van der Waals surface area contributed by atoms with Gasteiger partial charge in [-0.1, -0.05) is 11.3 Å². The highest BCUT2D eigenvalue weighted by Gasteiger charge is 2.22. The van der Waals surface area contributed by atoms with Crippen molar-refractivity contribution in [2.24, 2.45) is 5.73 Å². The summed E-state index contributed by atoms with van der Waals surface area (Å²) in [5.74, 6) is -3.26. The number of aromatic nitrogens is 1. The average Bonchev–Trinajstić information content (AvgIpc) is 3.03. The summed E-state index contributed by atoms with van der Waals surface area (Å²) in [6.45, 7) is 2.37. The van der Waals surface area contributed by atoms with E-state index in [2.05, 4.69) is 10.3 Å². The number of nitrogens with zero attached hydrogens (tertiary/aromatic N) is 2. The van der Waals surface area contributed by atoms with Gasteiger partial charge in [-0.05, 0) is 12.1 Å². The maximum atomic E-state index is 13.2. The Morgan fingerprint density at radius 1 is 1.27 bits per heavy atom. The Morgan fingerprint density at radius 3 is 2.65 bits per heavy atom. The molecule has 0 atom stereocenters. The molecule has 0 unspecified atom stereocenters. The van der Waals surface area contributed by atoms with Crippen LogP contribution in [0.4, 0.5) is 19.6 Å². The van der Waals surface area contributed by atoms with Crippen LogP contribution >= 0.6 is 11.3 Å². The predicted octanol–water partition coefficient (Wildman–Crippen LogP) is 1.54. The van der Waals surface area contributed by atoms with Crippen LogP contribution in [0.2, 0.25) is 0 Å². The fraction of sp³-hybridized carbons (Fsp3) is 0.312. The van der Waals surface area contributed by atoms with Gasteiger partial charge in [0.1, 0.15) is 4.88 Å². The van der Waals surface area contributed by atoms with Gasteiger partial charge < -0.3 is 20.7 Å². The maximum absolute atomic E-state index is 13.2. The summed E-state index contributed by atoms with van der Waals surface area (Å²) in [7, 11) is 0. The monoisotopic (exact) mass is 382 g/mol. The first-order chi connectivity index (χ1) is 12.4. The molecule has 26 heavy (non-hydrogen) atoms. The van der Waals surface area contributed by atoms with E-state index < -0.39 is 23.4 Å². The summed E-state index contributed by atoms with van der Waals surface area (Å²) in [5, 5.41) is 3.04. The van der Waals surface area contributed by atoms with Gasteiger partial charge in [0, 0.05) is 24.8 Å². The van der Waals surface area contributed by atoms with E-state index in [0.29, 0.717) is 31.4 Å². The van der Waals surface area contributed by atoms with Gasteiger partial charge in [0.15, 0.2) is 16.8 Å². The number of carbonyl (C=O) groups is 2. The standard InChI is InChI=1S/C16H16F2N4O3S/c17-10-2-1-9(7-11(10)18)20-13(23)8-12-14(15(19)24)26-16(21-12)22-3-5-25-6-4-22/h1-2,7H,3-6,8H2,(H2,19,24)(H,20,23). The second kappa shape index (κ2) is 7.75. The molecule has 2 amide bonds. The average molecular weight is 382 g/mol. The Morgan fingerprint density at radius 2 is 2.00 bits per heavy atom. The molecule has 2 heterocycles. The topological polar surface area (TPSA) is 97.6 Å². The van der Waals surface area contributed by atoms with Gasteiger partial charge in [0.05, 0.1) is 25.3 Å². The largest absolute Gasteiger partial charge is 0.378 e. The van der Waals surface area contributed by atoms with Crippen LogP contribution in [0.5, 0.6) is 0 Å². The Balaban J connectivity index is 1.74. The van der Waals surface area contributed by atoms with Crippen LogP contribution in [-0.2, 0) is 16.0 Å². The molecule has 10 heteroatoms. The molecule has 2 aromatic rings. The molecule has 1 aliphatic heterocycles. The molecule has 7 nitrogen and oxygen atoms in total. The van der Waals surface area contributed by atoms with Crippen LogP contribution in [0.25, 0.3) is 0 Å². The molecule has 1 fully saturated rings. The number of anilines is 2. The van der Waals surface area contributed by atoms with Crippen molar-refractivity contribution >= 4 is 34.0 Å². The number of hydrogen-bond donors (Lipinski definition) is 2. The van der Waals surface area contributed by atoms with Gasteiger partial charge in [0.2, 0.25) is 5.91 Å². The van der Waals surface area contributed by atoms with Crippen LogP contribution in [0.15, 0.2) is 18.2 Å². The van der Waals surface area contributed by atoms with E-state index in [1.165, 1.54) is 6.07 Å². The number of thiazole rings is 1. The van der Waals surface area contributed by atoms with Crippen molar-refractivity contribution in [2.75, 3.05) is 36.5 Å². The van der Waals surface area contributed by atoms with Gasteiger partial charge in [-0.3, -0.25) is 9.59 Å². The Bertz CT molecular complexity index is 837. The number of carbonyl (C=O) groups excluding carboxylic acids is 2. The lowest BCUT2D eigenvalue weighted by Crippen LogP contribution is -2.36. The van der Waals surface area contributed by atoms with E-state index in [9.17, 15) is 18.4 Å². The Kier molecular flexibility index (Phi) is 5.43. The molecule has 1 aromatic heterocycles. The highest BCUT2D eigenvalue weighted by atomic mass is 32.1. The lowest BCUT2D eigenvalue weighted by Gasteiger charge is -2.26. The zero-order valence-electron chi connectivity index (χ0n) is 13.6. The van der Waals surface area contributed by atoms with Gasteiger partial charge in [-0.2, -0.15) is 0 Å². The molecule has 0 aliphatic carbocycles. The van der Waals surface area contributed by atoms with E-state index in [1.54, 1.807) is 0 Å². The minimum absolute atomic E-state index is 0.109. The van der Waals surface area contributed by atoms with Gasteiger partial charge in [0.25, 0.3) is 5.91 Å². The zero-order chi connectivity index (χ0) is 18.7. The number of primary amides is 1. The highest BCUT2D eigenvalue weighted by molar-refractivity contribution is 7.17. The molecule has 3 rings (SSSR count). The van der Waals surface area contributed by atoms with Gasteiger partial charge in [-0.25, -0.2) is 13.8 Å². The molecular weight excluding hydrogens is 366 g/mol. The fourth-order valence-corrected chi connectivity index (χ4v) is 3.46. The number of nitrogens with two attached hydrogens (primary N) is 1. The summed E-state index contributed by atoms with van der Waals surface area (Å²) in [6.07, 6.45) is -0.210. The summed E-state index contributed by atoms with van der Waals surface area (Å²) in [4.78, 5) is 30.4. The summed E-state index contributed by atoms with van der Waals surface area (Å²) < 4.78 is 31.4. The molecular formula is C16H16F2N4O3S. The minimum atomic E-state index is -1.07. The molecule has 138 valence electrons. The summed E-state index contributed by atoms with van der Waals surface area (Å²) in [5.41, 5.74) is 5.75. The second-order valence-corrected chi connectivity index (χ2v) is 6.57. The van der Waals surface area contributed by atoms with Crippen LogP contribution < -0.4 is 16.0 Å². The third-order valence-electron chi connectivity index (χ3n) is 3.72. The molecule has 0 radical (unpaired) electrons. The van der Waals surface area contributed by atoms with Gasteiger partial charge >= 0.3 is 0 Å². The number of rotatable bonds is 5. The first-order valence-corrected chi connectivity index (χ1v) is 8.63. The molecule has 1 saturated heterocycles. The first kappa shape index (κ1) is 18.2. The lowest BCUT2D eigenvalue weighted by molar-refractivity contribution is -0.115. The predicted molar refractivity (Wildman–Crippen MR) is 92.4 cm³/mol. The normalized spacial score (nSPS) is 14.3. The first-order valence-electron chi connectivity index (χ1n) is 7.81. The van der Waals surface area contributed by atoms with Crippen LogP contribution in [-0.4, -0.2) is 43.1 Å². The number of nitrogens with one attached hydrogen (secondary N) is 1. The third-order valence-corrected chi connectivity index (χ3v) is 4.90. The van der Waals surface area contributed by atoms with E-state index >= 15 is 0 Å². The highest BCUT2D eigenvalue weighted by Crippen LogP contribution is 2.27. The third kappa shape index (κ3) is 4.14. The zero-order valence-corrected chi connectivity index (χ0v) is 14.4. The number of ether oxygens (including phenoxy) is 1. The van der Waals surface area contributed by atoms with Gasteiger partial charge in [-0.15, -0.1) is 0 Å². The number of amides is 2. The summed E-state index contributed by atoms with van der Waals surface area (Å²) >= 11 is 1.12. The van der Waals surface area contributed by atoms with Crippen molar-refractivity contribution in [3.63, 3.8) is 0 Å². The maximum Gasteiger partial charge on any atom is 0.260 e. The van der Waals surface area contributed by atoms with Crippen LogP contribution in [0.3, 0.4) is 0 Å². The molecule has 3 N–H and O–H groups in total. The molecule has 0 saturated carbocycles. The van der Waals surface area contributed by atoms with E-state index in [1.807, 2.05) is 4.90 Å². The van der Waals surface area contributed by atoms with Crippen LogP contribution in [0.1, 0.15) is 15.4 Å². The van der Waals surface area contributed by atoms with Crippen molar-refractivity contribution in [1.82, 2.24) is 4.98 Å². The Hall–Kier alpha value is -2.59. The number of halogens is 2. The van der Waals surface area contributed by atoms with Crippen molar-refractivity contribution in [3.8, 4) is 0 Å². The fourth-order valence-electron chi connectivity index (χ4n) is 2.47. The quantitative estimate of drug-likeness (QED) is 0.818. The van der Waals surface area contributed by atoms with E-state index in [-0.39, 0.29) is 22.7 Å². The molecule has 0 spiro atoms. The molecule has 1 aliphatic rings. The SMILES string of the molecule is NC(=O)c1sc(N2CCOCC2)nc1CC(=O)Nc1ccc(F)c(F)c1. The number of hydrogen-bond acceptors (Lipinski definition) is 6. The van der Waals surface area contributed by atoms with Crippen molar-refractivity contribution < 1.29 is 23.1 Å². The van der Waals surface area contributed by atoms with E-state index in [4.69, 9.17) is 10.5 Å². The van der Waals surface area contributed by atoms with Crippen molar-refractivity contribution in [3.05, 3.63) is 40.4 Å². The smallest absolute Gasteiger partial charge is 0.260 e. The molecule has 1 aromatic carbocycles. The summed E-state index contributed by atoms with van der Waals surface area (Å²) in [6, 6.07) is 3.03. The van der Waals surface area contributed by atoms with Crippen LogP contribution in [0, 0.1) is 11.6 Å². The number of benzene rings is 1. The molecule has 0 bridgehead atoms. The second-order valence-electron chi connectivity index (χ2n) is 5.59. The minimum Gasteiger partial charge on any atom is -0.378 e. The van der Waals surface area contributed by atoms with E-state index in [0.717, 1.165) is 23.5 Å². The Labute approximate surface area is 151 Å². The van der Waals surface area contributed by atoms with Crippen molar-refractivity contribution in [2.45, 2.75) is 6.42 Å².